The van der Waals surface area contributed by atoms with Gasteiger partial charge in [-0.15, -0.1) is 6.58 Å². The molecule has 1 unspecified atom stereocenters. The molecule has 17 heavy (non-hydrogen) atoms. The molecular weight excluding hydrogens is 259 g/mol. The van der Waals surface area contributed by atoms with E-state index in [2.05, 4.69) is 6.58 Å². The van der Waals surface area contributed by atoms with Gasteiger partial charge in [0, 0.05) is 5.92 Å². The Balaban J connectivity index is 3.11. The van der Waals surface area contributed by atoms with Crippen LogP contribution >= 0.6 is 23.2 Å². The molecule has 0 bridgehead atoms. The lowest BCUT2D eigenvalue weighted by Crippen LogP contribution is -2.24. The molecule has 0 amide bonds. The Bertz CT molecular complexity index is 401. The predicted molar refractivity (Wildman–Crippen MR) is 69.2 cm³/mol. The first-order valence-corrected chi connectivity index (χ1v) is 5.88. The van der Waals surface area contributed by atoms with Crippen molar-refractivity contribution in [1.82, 2.24) is 0 Å². The molecule has 90 valence electrons. The summed E-state index contributed by atoms with van der Waals surface area (Å²) in [5.74, 6) is -1.39. The minimum atomic E-state index is -1.03. The Morgan fingerprint density at radius 1 is 1.18 bits per heavy atom. The third kappa shape index (κ3) is 3.69. The number of allylic oxidation sites excluding steroid dienone is 1. The van der Waals surface area contributed by atoms with E-state index >= 15 is 0 Å². The van der Waals surface area contributed by atoms with E-state index in [9.17, 15) is 9.59 Å². The van der Waals surface area contributed by atoms with Crippen LogP contribution in [0, 0.1) is 5.92 Å². The molecule has 0 spiro atoms. The second-order valence-corrected chi connectivity index (χ2v) is 4.37. The van der Waals surface area contributed by atoms with E-state index in [0.29, 0.717) is 6.42 Å². The van der Waals surface area contributed by atoms with Crippen LogP contribution in [-0.2, 0) is 9.59 Å². The second-order valence-electron chi connectivity index (χ2n) is 3.63. The van der Waals surface area contributed by atoms with Crippen molar-refractivity contribution in [1.29, 1.82) is 0 Å². The van der Waals surface area contributed by atoms with Crippen LogP contribution in [0.15, 0.2) is 43.0 Å². The summed E-state index contributed by atoms with van der Waals surface area (Å²) in [4.78, 5) is 22.6. The summed E-state index contributed by atoms with van der Waals surface area (Å²) in [6, 6.07) is 9.19. The molecule has 0 heterocycles. The van der Waals surface area contributed by atoms with Crippen molar-refractivity contribution >= 4 is 33.7 Å². The van der Waals surface area contributed by atoms with Crippen LogP contribution < -0.4 is 0 Å². The number of halogens is 2. The Hall–Kier alpha value is -1.12. The molecule has 0 fully saturated rings. The van der Waals surface area contributed by atoms with Gasteiger partial charge in [0.05, 0.1) is 0 Å². The number of hydrogen-bond donors (Lipinski definition) is 0. The molecule has 0 N–H and O–H groups in total. The lowest BCUT2D eigenvalue weighted by molar-refractivity contribution is -0.124. The van der Waals surface area contributed by atoms with Gasteiger partial charge in [-0.1, -0.05) is 36.4 Å². The first kappa shape index (κ1) is 13.9. The highest BCUT2D eigenvalue weighted by molar-refractivity contribution is 6.73. The van der Waals surface area contributed by atoms with E-state index in [1.807, 2.05) is 30.3 Å². The van der Waals surface area contributed by atoms with Crippen molar-refractivity contribution in [2.75, 3.05) is 0 Å². The van der Waals surface area contributed by atoms with Crippen LogP contribution in [-0.4, -0.2) is 10.5 Å². The second kappa shape index (κ2) is 6.58. The van der Waals surface area contributed by atoms with Gasteiger partial charge in [-0.2, -0.15) is 0 Å². The fourth-order valence-corrected chi connectivity index (χ4v) is 2.31. The zero-order valence-corrected chi connectivity index (χ0v) is 10.6. The highest BCUT2D eigenvalue weighted by atomic mass is 35.5. The summed E-state index contributed by atoms with van der Waals surface area (Å²) in [7, 11) is 0. The van der Waals surface area contributed by atoms with Crippen LogP contribution in [0.2, 0.25) is 0 Å². The highest BCUT2D eigenvalue weighted by Gasteiger charge is 2.32. The first-order chi connectivity index (χ1) is 8.07. The summed E-state index contributed by atoms with van der Waals surface area (Å²) in [6.07, 6.45) is 2.11. The molecule has 1 aromatic carbocycles. The van der Waals surface area contributed by atoms with Gasteiger partial charge < -0.3 is 0 Å². The van der Waals surface area contributed by atoms with E-state index in [1.54, 1.807) is 6.08 Å². The van der Waals surface area contributed by atoms with Gasteiger partial charge in [-0.25, -0.2) is 0 Å². The molecule has 1 atom stereocenters. The van der Waals surface area contributed by atoms with Crippen LogP contribution in [0.1, 0.15) is 17.9 Å². The number of carbonyl (C=O) groups excluding carboxylic acids is 2. The van der Waals surface area contributed by atoms with Gasteiger partial charge in [-0.3, -0.25) is 9.59 Å². The topological polar surface area (TPSA) is 34.1 Å². The monoisotopic (exact) mass is 270 g/mol. The molecule has 0 saturated carbocycles. The average Bonchev–Trinajstić information content (AvgIpc) is 2.28. The molecule has 0 radical (unpaired) electrons. The van der Waals surface area contributed by atoms with Crippen LogP contribution in [0.5, 0.6) is 0 Å². The standard InChI is InChI=1S/C13H12Cl2O2/c1-2-6-10(9-7-4-3-5-8-9)11(12(14)16)13(15)17/h2-5,7-8,10-11H,1,6H2. The quantitative estimate of drug-likeness (QED) is 0.451. The highest BCUT2D eigenvalue weighted by Crippen LogP contribution is 2.31. The summed E-state index contributed by atoms with van der Waals surface area (Å²) in [5, 5.41) is -1.47. The van der Waals surface area contributed by atoms with Gasteiger partial charge in [0.2, 0.25) is 10.5 Å². The maximum Gasteiger partial charge on any atom is 0.234 e. The molecule has 0 aliphatic rings. The van der Waals surface area contributed by atoms with E-state index in [-0.39, 0.29) is 5.92 Å². The zero-order chi connectivity index (χ0) is 12.8. The number of rotatable bonds is 6. The summed E-state index contributed by atoms with van der Waals surface area (Å²) in [6.45, 7) is 3.62. The van der Waals surface area contributed by atoms with E-state index < -0.39 is 16.4 Å². The minimum Gasteiger partial charge on any atom is -0.280 e. The van der Waals surface area contributed by atoms with Crippen LogP contribution in [0.4, 0.5) is 0 Å². The number of benzene rings is 1. The Labute approximate surface area is 110 Å². The molecule has 0 saturated heterocycles. The van der Waals surface area contributed by atoms with E-state index in [4.69, 9.17) is 23.2 Å². The molecule has 0 aromatic heterocycles. The van der Waals surface area contributed by atoms with Gasteiger partial charge in [0.15, 0.2) is 0 Å². The smallest absolute Gasteiger partial charge is 0.234 e. The normalized spacial score (nSPS) is 12.2. The molecule has 2 nitrogen and oxygen atoms in total. The van der Waals surface area contributed by atoms with Crippen LogP contribution in [0.25, 0.3) is 0 Å². The van der Waals surface area contributed by atoms with E-state index in [0.717, 1.165) is 5.56 Å². The van der Waals surface area contributed by atoms with Crippen molar-refractivity contribution in [2.45, 2.75) is 12.3 Å². The van der Waals surface area contributed by atoms with Gasteiger partial charge >= 0.3 is 0 Å². The molecule has 4 heteroatoms. The summed E-state index contributed by atoms with van der Waals surface area (Å²) in [5.41, 5.74) is 0.848. The predicted octanol–water partition coefficient (Wildman–Crippen LogP) is 3.49. The van der Waals surface area contributed by atoms with Crippen molar-refractivity contribution in [3.8, 4) is 0 Å². The van der Waals surface area contributed by atoms with Crippen LogP contribution in [0.3, 0.4) is 0 Å². The third-order valence-corrected chi connectivity index (χ3v) is 3.01. The first-order valence-electron chi connectivity index (χ1n) is 5.12. The average molecular weight is 271 g/mol. The fourth-order valence-electron chi connectivity index (χ4n) is 1.75. The van der Waals surface area contributed by atoms with E-state index in [1.165, 1.54) is 0 Å². The largest absolute Gasteiger partial charge is 0.280 e. The SMILES string of the molecule is C=CCC(c1ccccc1)C(C(=O)Cl)C(=O)Cl. The summed E-state index contributed by atoms with van der Waals surface area (Å²) >= 11 is 10.9. The molecule has 0 aliphatic heterocycles. The Kier molecular flexibility index (Phi) is 5.39. The minimum absolute atomic E-state index is 0.358. The zero-order valence-electron chi connectivity index (χ0n) is 9.11. The maximum atomic E-state index is 11.3. The summed E-state index contributed by atoms with van der Waals surface area (Å²) < 4.78 is 0. The van der Waals surface area contributed by atoms with Crippen molar-refractivity contribution in [3.63, 3.8) is 0 Å². The Morgan fingerprint density at radius 3 is 2.12 bits per heavy atom. The van der Waals surface area contributed by atoms with Crippen molar-refractivity contribution < 1.29 is 9.59 Å². The number of carbonyl (C=O) groups is 2. The van der Waals surface area contributed by atoms with Gasteiger partial charge in [-0.05, 0) is 35.2 Å². The lowest BCUT2D eigenvalue weighted by atomic mass is 9.85. The number of hydrogen-bond acceptors (Lipinski definition) is 2. The molecule has 1 aromatic rings. The molecule has 0 aliphatic carbocycles. The Morgan fingerprint density at radius 2 is 1.71 bits per heavy atom. The van der Waals surface area contributed by atoms with Crippen molar-refractivity contribution in [3.05, 3.63) is 48.6 Å². The van der Waals surface area contributed by atoms with Crippen molar-refractivity contribution in [2.24, 2.45) is 5.92 Å². The molecular formula is C13H12Cl2O2. The lowest BCUT2D eigenvalue weighted by Gasteiger charge is -2.20. The van der Waals surface area contributed by atoms with Gasteiger partial charge in [0.1, 0.15) is 5.92 Å². The van der Waals surface area contributed by atoms with Gasteiger partial charge in [0.25, 0.3) is 0 Å². The fraction of sp³-hybridized carbons (Fsp3) is 0.231. The molecule has 1 rings (SSSR count). The maximum absolute atomic E-state index is 11.3. The third-order valence-electron chi connectivity index (χ3n) is 2.54.